The first-order valence-electron chi connectivity index (χ1n) is 0.236. The van der Waals surface area contributed by atoms with Crippen LogP contribution in [0.4, 0.5) is 0 Å². The SMILES string of the molecule is [CH-]=O.[Na+].[Na+]. The molecule has 0 rings (SSSR count). The van der Waals surface area contributed by atoms with Crippen LogP contribution in [0.15, 0.2) is 0 Å². The minimum Gasteiger partial charge on any atom is -0.545 e. The maximum atomic E-state index is 7.75. The first kappa shape index (κ1) is 17.3. The summed E-state index contributed by atoms with van der Waals surface area (Å²) in [5.74, 6) is 0. The summed E-state index contributed by atoms with van der Waals surface area (Å²) in [5, 5.41) is 0. The molecule has 0 spiro atoms. The average molecular weight is 75.0 g/mol. The summed E-state index contributed by atoms with van der Waals surface area (Å²) in [6, 6.07) is 0. The molecule has 0 N–H and O–H groups in total. The molecular formula is CHNa2O+. The maximum absolute atomic E-state index is 7.75. The zero-order valence-electron chi connectivity index (χ0n) is 2.99. The van der Waals surface area contributed by atoms with Crippen LogP contribution in [0.1, 0.15) is 0 Å². The first-order chi connectivity index (χ1) is 1.00. The summed E-state index contributed by atoms with van der Waals surface area (Å²) in [7, 11) is 0. The Morgan fingerprint density at radius 1 is 1.00 bits per heavy atom. The van der Waals surface area contributed by atoms with Gasteiger partial charge >= 0.3 is 59.1 Å². The Bertz CT molecular complexity index is 6.00. The first-order valence-corrected chi connectivity index (χ1v) is 0.236. The Morgan fingerprint density at radius 3 is 1.00 bits per heavy atom. The van der Waals surface area contributed by atoms with Crippen molar-refractivity contribution in [3.63, 3.8) is 0 Å². The van der Waals surface area contributed by atoms with Crippen LogP contribution in [-0.4, -0.2) is 6.79 Å². The van der Waals surface area contributed by atoms with Crippen molar-refractivity contribution in [3.05, 3.63) is 0 Å². The Hall–Kier alpha value is 1.67. The van der Waals surface area contributed by atoms with E-state index in [1.807, 2.05) is 0 Å². The predicted octanol–water partition coefficient (Wildman–Crippen LogP) is -6.27. The molecule has 0 fully saturated rings. The molecule has 1 nitrogen and oxygen atoms in total. The summed E-state index contributed by atoms with van der Waals surface area (Å²) >= 11 is 0. The van der Waals surface area contributed by atoms with E-state index in [4.69, 9.17) is 4.79 Å². The smallest absolute Gasteiger partial charge is 0.545 e. The van der Waals surface area contributed by atoms with Gasteiger partial charge in [-0.2, -0.15) is 0 Å². The van der Waals surface area contributed by atoms with E-state index in [1.54, 1.807) is 0 Å². The van der Waals surface area contributed by atoms with Gasteiger partial charge in [0.15, 0.2) is 0 Å². The molecule has 0 aliphatic rings. The van der Waals surface area contributed by atoms with Gasteiger partial charge in [-0.05, 0) is 0 Å². The van der Waals surface area contributed by atoms with E-state index >= 15 is 0 Å². The predicted molar refractivity (Wildman–Crippen MR) is 6.75 cm³/mol. The van der Waals surface area contributed by atoms with E-state index < -0.39 is 0 Å². The molecule has 0 saturated carbocycles. The van der Waals surface area contributed by atoms with Crippen LogP contribution in [0.5, 0.6) is 0 Å². The summed E-state index contributed by atoms with van der Waals surface area (Å²) in [4.78, 5) is 7.75. The van der Waals surface area contributed by atoms with Crippen LogP contribution in [-0.2, 0) is 4.79 Å². The fraction of sp³-hybridized carbons (Fsp3) is 0. The fourth-order valence-electron chi connectivity index (χ4n) is 0. The van der Waals surface area contributed by atoms with Crippen LogP contribution in [0.3, 0.4) is 0 Å². The molecule has 0 aromatic rings. The van der Waals surface area contributed by atoms with Gasteiger partial charge < -0.3 is 4.79 Å². The molecular weight excluding hydrogens is 74.0 g/mol. The second kappa shape index (κ2) is 22.6. The van der Waals surface area contributed by atoms with Crippen molar-refractivity contribution in [2.45, 2.75) is 0 Å². The standard InChI is InChI=1S/CHO.2Na/c1-2;;/h1H;;/q-1;2*+1. The monoisotopic (exact) mass is 75.0 g/mol. The van der Waals surface area contributed by atoms with Crippen molar-refractivity contribution in [2.24, 2.45) is 0 Å². The second-order valence-corrected chi connectivity index (χ2v) is 0. The summed E-state index contributed by atoms with van der Waals surface area (Å²) < 4.78 is 0. The summed E-state index contributed by atoms with van der Waals surface area (Å²) in [6.07, 6.45) is 0. The Balaban J connectivity index is -0.00000000500. The summed E-state index contributed by atoms with van der Waals surface area (Å²) in [6.45, 7) is 3.25. The van der Waals surface area contributed by atoms with Gasteiger partial charge in [0, 0.05) is 0 Å². The van der Waals surface area contributed by atoms with Crippen molar-refractivity contribution < 1.29 is 63.9 Å². The van der Waals surface area contributed by atoms with E-state index in [1.165, 1.54) is 0 Å². The molecule has 0 atom stereocenters. The van der Waals surface area contributed by atoms with E-state index in [0.29, 0.717) is 0 Å². The Morgan fingerprint density at radius 2 is 1.00 bits per heavy atom. The van der Waals surface area contributed by atoms with E-state index in [0.717, 1.165) is 0 Å². The quantitative estimate of drug-likeness (QED) is 0.159. The Kier molecular flexibility index (Phi) is 97.8. The van der Waals surface area contributed by atoms with Crippen LogP contribution >= 0.6 is 0 Å². The third kappa shape index (κ3) is 9.38. The molecule has 0 aliphatic heterocycles. The van der Waals surface area contributed by atoms with E-state index in [2.05, 4.69) is 6.79 Å². The molecule has 0 unspecified atom stereocenters. The molecule has 12 valence electrons. The van der Waals surface area contributed by atoms with Gasteiger partial charge in [-0.25, -0.2) is 0 Å². The van der Waals surface area contributed by atoms with Gasteiger partial charge in [0.1, 0.15) is 0 Å². The number of rotatable bonds is 0. The van der Waals surface area contributed by atoms with Gasteiger partial charge in [0.05, 0.1) is 0 Å². The van der Waals surface area contributed by atoms with E-state index in [-0.39, 0.29) is 59.1 Å². The van der Waals surface area contributed by atoms with Crippen molar-refractivity contribution in [2.75, 3.05) is 0 Å². The number of carbonyl (C=O) groups excluding carboxylic acids is 1. The van der Waals surface area contributed by atoms with Gasteiger partial charge in [-0.3, -0.25) is 6.79 Å². The molecule has 0 saturated heterocycles. The van der Waals surface area contributed by atoms with Crippen LogP contribution in [0, 0.1) is 0 Å². The maximum Gasteiger partial charge on any atom is 1.00 e. The van der Waals surface area contributed by atoms with Gasteiger partial charge in [-0.15, -0.1) is 0 Å². The second-order valence-electron chi connectivity index (χ2n) is 0. The van der Waals surface area contributed by atoms with Gasteiger partial charge in [0.2, 0.25) is 0 Å². The Labute approximate surface area is 69.7 Å². The van der Waals surface area contributed by atoms with Crippen LogP contribution in [0.2, 0.25) is 0 Å². The minimum atomic E-state index is 0. The number of hydrogen-bond acceptors (Lipinski definition) is 1. The van der Waals surface area contributed by atoms with Crippen molar-refractivity contribution in [3.8, 4) is 0 Å². The molecule has 0 amide bonds. The molecule has 0 heterocycles. The largest absolute Gasteiger partial charge is 1.00 e. The van der Waals surface area contributed by atoms with Gasteiger partial charge in [-0.1, -0.05) is 0 Å². The molecule has 0 aromatic heterocycles. The molecule has 0 bridgehead atoms. The van der Waals surface area contributed by atoms with E-state index in [9.17, 15) is 0 Å². The van der Waals surface area contributed by atoms with Gasteiger partial charge in [0.25, 0.3) is 0 Å². The van der Waals surface area contributed by atoms with Crippen LogP contribution in [0.25, 0.3) is 0 Å². The normalized spacial score (nSPS) is 1.00. The van der Waals surface area contributed by atoms with Crippen molar-refractivity contribution in [1.82, 2.24) is 0 Å². The zero-order chi connectivity index (χ0) is 2.00. The van der Waals surface area contributed by atoms with Crippen molar-refractivity contribution >= 4 is 6.79 Å². The number of hydrogen-bond donors (Lipinski definition) is 0. The average Bonchev–Trinajstić information content (AvgIpc) is 1.00. The molecule has 3 heteroatoms. The third-order valence-corrected chi connectivity index (χ3v) is 0. The third-order valence-electron chi connectivity index (χ3n) is 0. The molecule has 0 radical (unpaired) electrons. The molecule has 0 aliphatic carbocycles. The molecule has 4 heavy (non-hydrogen) atoms. The minimum absolute atomic E-state index is 0. The molecule has 0 aromatic carbocycles. The summed E-state index contributed by atoms with van der Waals surface area (Å²) in [5.41, 5.74) is 0. The van der Waals surface area contributed by atoms with Crippen molar-refractivity contribution in [1.29, 1.82) is 0 Å². The zero-order valence-corrected chi connectivity index (χ0v) is 6.99. The fourth-order valence-corrected chi connectivity index (χ4v) is 0. The van der Waals surface area contributed by atoms with Crippen LogP contribution < -0.4 is 59.1 Å². The topological polar surface area (TPSA) is 17.1 Å².